The number of hydrogen-bond donors (Lipinski definition) is 1. The molecule has 9 nitrogen and oxygen atoms in total. The molecular formula is C20H21N3O6S. The number of nitrogens with zero attached hydrogens (tertiary/aromatic N) is 2. The standard InChI is InChI=1S/C20H21N3O6S/c1-27-7-2-6-22-19(25)18-14(5-10-30-18)23(20(22)26)12-17(24)21-13-3-4-15-16(11-13)29-9-8-28-15/h3-5,10-11H,2,6-9,12H2,1H3,(H,21,24). The minimum absolute atomic E-state index is 0.217. The summed E-state index contributed by atoms with van der Waals surface area (Å²) in [5, 5.41) is 4.51. The second-order valence-electron chi connectivity index (χ2n) is 6.71. The van der Waals surface area contributed by atoms with Gasteiger partial charge in [0.05, 0.1) is 5.52 Å². The normalized spacial score (nSPS) is 12.8. The van der Waals surface area contributed by atoms with Gasteiger partial charge in [-0.25, -0.2) is 4.79 Å². The summed E-state index contributed by atoms with van der Waals surface area (Å²) in [7, 11) is 1.56. The van der Waals surface area contributed by atoms with Gasteiger partial charge in [0.2, 0.25) is 5.91 Å². The molecule has 0 saturated heterocycles. The Balaban J connectivity index is 1.60. The molecule has 0 unspecified atom stereocenters. The summed E-state index contributed by atoms with van der Waals surface area (Å²) in [5.74, 6) is 0.796. The van der Waals surface area contributed by atoms with Gasteiger partial charge in [0.15, 0.2) is 11.5 Å². The molecule has 10 heteroatoms. The number of thiophene rings is 1. The van der Waals surface area contributed by atoms with Crippen LogP contribution in [-0.4, -0.2) is 42.0 Å². The Kier molecular flexibility index (Phi) is 5.86. The fraction of sp³-hybridized carbons (Fsp3) is 0.350. The fourth-order valence-corrected chi connectivity index (χ4v) is 4.16. The maximum atomic E-state index is 12.9. The number of methoxy groups -OCH3 is 1. The van der Waals surface area contributed by atoms with Gasteiger partial charge in [-0.1, -0.05) is 0 Å². The molecule has 1 aliphatic rings. The number of carbonyl (C=O) groups is 1. The molecule has 0 spiro atoms. The van der Waals surface area contributed by atoms with Crippen LogP contribution in [0.2, 0.25) is 0 Å². The van der Waals surface area contributed by atoms with E-state index < -0.39 is 5.69 Å². The zero-order valence-corrected chi connectivity index (χ0v) is 17.2. The van der Waals surface area contributed by atoms with Crippen molar-refractivity contribution in [1.82, 2.24) is 9.13 Å². The minimum atomic E-state index is -0.515. The highest BCUT2D eigenvalue weighted by atomic mass is 32.1. The number of nitrogens with one attached hydrogen (secondary N) is 1. The molecule has 0 atom stereocenters. The fourth-order valence-electron chi connectivity index (χ4n) is 3.32. The first-order chi connectivity index (χ1) is 14.6. The molecule has 0 radical (unpaired) electrons. The van der Waals surface area contributed by atoms with Crippen LogP contribution in [0, 0.1) is 0 Å². The van der Waals surface area contributed by atoms with Crippen LogP contribution in [0.4, 0.5) is 5.69 Å². The van der Waals surface area contributed by atoms with Crippen LogP contribution >= 0.6 is 11.3 Å². The van der Waals surface area contributed by atoms with Gasteiger partial charge < -0.3 is 19.5 Å². The van der Waals surface area contributed by atoms with Gasteiger partial charge in [-0.3, -0.25) is 18.7 Å². The number of ether oxygens (including phenoxy) is 3. The molecule has 1 amide bonds. The largest absolute Gasteiger partial charge is 0.486 e. The van der Waals surface area contributed by atoms with Gasteiger partial charge in [0.25, 0.3) is 5.56 Å². The van der Waals surface area contributed by atoms with Crippen molar-refractivity contribution >= 4 is 33.1 Å². The minimum Gasteiger partial charge on any atom is -0.486 e. The van der Waals surface area contributed by atoms with E-state index in [2.05, 4.69) is 5.32 Å². The molecule has 2 aromatic heterocycles. The topological polar surface area (TPSA) is 101 Å². The third-order valence-corrected chi connectivity index (χ3v) is 5.59. The second kappa shape index (κ2) is 8.72. The summed E-state index contributed by atoms with van der Waals surface area (Å²) in [6, 6.07) is 6.80. The number of benzene rings is 1. The predicted molar refractivity (Wildman–Crippen MR) is 113 cm³/mol. The molecule has 3 heterocycles. The van der Waals surface area contributed by atoms with Crippen LogP contribution in [0.15, 0.2) is 39.2 Å². The maximum absolute atomic E-state index is 12.9. The number of hydrogen-bond acceptors (Lipinski definition) is 7. The van der Waals surface area contributed by atoms with Gasteiger partial charge >= 0.3 is 5.69 Å². The molecular weight excluding hydrogens is 410 g/mol. The number of amides is 1. The Bertz CT molecular complexity index is 1200. The smallest absolute Gasteiger partial charge is 0.332 e. The number of rotatable bonds is 7. The summed E-state index contributed by atoms with van der Waals surface area (Å²) in [6.07, 6.45) is 0.520. The van der Waals surface area contributed by atoms with E-state index in [9.17, 15) is 14.4 Å². The highest BCUT2D eigenvalue weighted by Crippen LogP contribution is 2.32. The van der Waals surface area contributed by atoms with Crippen LogP contribution in [0.3, 0.4) is 0 Å². The predicted octanol–water partition coefficient (Wildman–Crippen LogP) is 1.67. The Morgan fingerprint density at radius 1 is 1.17 bits per heavy atom. The number of fused-ring (bicyclic) bond motifs is 2. The van der Waals surface area contributed by atoms with Crippen LogP contribution in [0.5, 0.6) is 11.5 Å². The third kappa shape index (κ3) is 3.96. The molecule has 30 heavy (non-hydrogen) atoms. The van der Waals surface area contributed by atoms with Crippen molar-refractivity contribution in [2.75, 3.05) is 32.2 Å². The van der Waals surface area contributed by atoms with Crippen LogP contribution < -0.4 is 26.0 Å². The summed E-state index contributed by atoms with van der Waals surface area (Å²) >= 11 is 1.25. The summed E-state index contributed by atoms with van der Waals surface area (Å²) < 4.78 is 18.9. The van der Waals surface area contributed by atoms with Crippen molar-refractivity contribution < 1.29 is 19.0 Å². The van der Waals surface area contributed by atoms with E-state index in [1.165, 1.54) is 15.9 Å². The molecule has 1 N–H and O–H groups in total. The van der Waals surface area contributed by atoms with Crippen molar-refractivity contribution in [3.63, 3.8) is 0 Å². The van der Waals surface area contributed by atoms with E-state index in [0.717, 1.165) is 4.57 Å². The third-order valence-electron chi connectivity index (χ3n) is 4.69. The molecule has 0 aliphatic carbocycles. The molecule has 1 aromatic carbocycles. The highest BCUT2D eigenvalue weighted by molar-refractivity contribution is 7.17. The average molecular weight is 431 g/mol. The molecule has 158 valence electrons. The highest BCUT2D eigenvalue weighted by Gasteiger charge is 2.17. The van der Waals surface area contributed by atoms with E-state index >= 15 is 0 Å². The lowest BCUT2D eigenvalue weighted by molar-refractivity contribution is -0.116. The Labute approximate surface area is 175 Å². The molecule has 1 aliphatic heterocycles. The van der Waals surface area contributed by atoms with Crippen molar-refractivity contribution in [1.29, 1.82) is 0 Å². The number of carbonyl (C=O) groups excluding carboxylic acids is 1. The Morgan fingerprint density at radius 2 is 1.97 bits per heavy atom. The monoisotopic (exact) mass is 431 g/mol. The summed E-state index contributed by atoms with van der Waals surface area (Å²) in [4.78, 5) is 38.3. The molecule has 4 rings (SSSR count). The molecule has 0 bridgehead atoms. The quantitative estimate of drug-likeness (QED) is 0.571. The van der Waals surface area contributed by atoms with E-state index in [1.807, 2.05) is 0 Å². The lowest BCUT2D eigenvalue weighted by Gasteiger charge is -2.19. The van der Waals surface area contributed by atoms with Gasteiger partial charge in [0.1, 0.15) is 24.5 Å². The SMILES string of the molecule is COCCCn1c(=O)c2sccc2n(CC(=O)Nc2ccc3c(c2)OCCO3)c1=O. The van der Waals surface area contributed by atoms with Crippen molar-refractivity contribution in [2.45, 2.75) is 19.5 Å². The molecule has 3 aromatic rings. The zero-order chi connectivity index (χ0) is 21.1. The average Bonchev–Trinajstić information content (AvgIpc) is 3.23. The van der Waals surface area contributed by atoms with Gasteiger partial charge in [-0.2, -0.15) is 0 Å². The van der Waals surface area contributed by atoms with Crippen molar-refractivity contribution in [2.24, 2.45) is 0 Å². The van der Waals surface area contributed by atoms with Crippen LogP contribution in [0.25, 0.3) is 10.2 Å². The van der Waals surface area contributed by atoms with Gasteiger partial charge in [-0.05, 0) is 30.0 Å². The van der Waals surface area contributed by atoms with Crippen molar-refractivity contribution in [3.05, 3.63) is 50.5 Å². The van der Waals surface area contributed by atoms with Gasteiger partial charge in [0, 0.05) is 32.0 Å². The van der Waals surface area contributed by atoms with Crippen LogP contribution in [0.1, 0.15) is 6.42 Å². The number of aromatic nitrogens is 2. The second-order valence-corrected chi connectivity index (χ2v) is 7.63. The van der Waals surface area contributed by atoms with Crippen molar-refractivity contribution in [3.8, 4) is 11.5 Å². The summed E-state index contributed by atoms with van der Waals surface area (Å²) in [5.41, 5.74) is 0.131. The maximum Gasteiger partial charge on any atom is 0.332 e. The molecule has 0 saturated carbocycles. The van der Waals surface area contributed by atoms with E-state index in [1.54, 1.807) is 36.8 Å². The summed E-state index contributed by atoms with van der Waals surface area (Å²) in [6.45, 7) is 1.37. The van der Waals surface area contributed by atoms with E-state index in [0.29, 0.717) is 53.6 Å². The van der Waals surface area contributed by atoms with E-state index in [4.69, 9.17) is 14.2 Å². The van der Waals surface area contributed by atoms with E-state index in [-0.39, 0.29) is 24.6 Å². The first-order valence-electron chi connectivity index (χ1n) is 9.48. The lowest BCUT2D eigenvalue weighted by atomic mass is 10.2. The van der Waals surface area contributed by atoms with Crippen LogP contribution in [-0.2, 0) is 22.6 Å². The Hall–Kier alpha value is -3.11. The first kappa shape index (κ1) is 20.2. The lowest BCUT2D eigenvalue weighted by Crippen LogP contribution is -2.41. The molecule has 0 fully saturated rings. The number of anilines is 1. The Morgan fingerprint density at radius 3 is 2.77 bits per heavy atom. The van der Waals surface area contributed by atoms with Gasteiger partial charge in [-0.15, -0.1) is 11.3 Å². The zero-order valence-electron chi connectivity index (χ0n) is 16.4. The first-order valence-corrected chi connectivity index (χ1v) is 10.4.